The molecule has 1 saturated carbocycles. The van der Waals surface area contributed by atoms with Gasteiger partial charge in [0, 0.05) is 44.3 Å². The Morgan fingerprint density at radius 3 is 2.61 bits per heavy atom. The third kappa shape index (κ3) is 3.87. The lowest BCUT2D eigenvalue weighted by Crippen LogP contribution is -2.37. The van der Waals surface area contributed by atoms with Crippen molar-refractivity contribution in [1.29, 1.82) is 0 Å². The van der Waals surface area contributed by atoms with E-state index in [2.05, 4.69) is 5.32 Å². The number of likely N-dealkylation sites (tertiary alicyclic amines) is 1. The van der Waals surface area contributed by atoms with E-state index in [-0.39, 0.29) is 29.9 Å². The molecular weight excluding hydrogens is 302 g/mol. The average molecular weight is 324 g/mol. The van der Waals surface area contributed by atoms with Crippen molar-refractivity contribution < 1.29 is 18.3 Å². The summed E-state index contributed by atoms with van der Waals surface area (Å²) >= 11 is 0. The van der Waals surface area contributed by atoms with Crippen molar-refractivity contribution in [1.82, 2.24) is 10.2 Å². The maximum Gasteiger partial charge on any atom is 0.225 e. The molecule has 1 heterocycles. The Kier molecular flexibility index (Phi) is 4.92. The monoisotopic (exact) mass is 324 g/mol. The van der Waals surface area contributed by atoms with Crippen LogP contribution in [-0.2, 0) is 16.1 Å². The summed E-state index contributed by atoms with van der Waals surface area (Å²) in [5.74, 6) is -1.19. The predicted molar refractivity (Wildman–Crippen MR) is 81.7 cm³/mol. The summed E-state index contributed by atoms with van der Waals surface area (Å²) in [6, 6.07) is 4.19. The molecule has 4 nitrogen and oxygen atoms in total. The number of halogens is 2. The maximum absolute atomic E-state index is 13.8. The van der Waals surface area contributed by atoms with Crippen molar-refractivity contribution in [2.45, 2.75) is 25.4 Å². The number of rotatable bonds is 6. The minimum atomic E-state index is -0.542. The van der Waals surface area contributed by atoms with E-state index in [0.717, 1.165) is 12.8 Å². The summed E-state index contributed by atoms with van der Waals surface area (Å²) in [5, 5.41) is 3.02. The number of hydrogen-bond donors (Lipinski definition) is 1. The second kappa shape index (κ2) is 6.93. The first-order valence-corrected chi connectivity index (χ1v) is 8.03. The molecule has 1 aromatic carbocycles. The molecule has 0 spiro atoms. The van der Waals surface area contributed by atoms with Crippen molar-refractivity contribution in [3.05, 3.63) is 35.4 Å². The fraction of sp³-hybridized carbons (Fsp3) is 0.588. The lowest BCUT2D eigenvalue weighted by molar-refractivity contribution is -0.126. The van der Waals surface area contributed by atoms with Gasteiger partial charge in [-0.3, -0.25) is 9.69 Å². The van der Waals surface area contributed by atoms with Gasteiger partial charge in [-0.15, -0.1) is 0 Å². The summed E-state index contributed by atoms with van der Waals surface area (Å²) in [6.07, 6.45) is 2.08. The van der Waals surface area contributed by atoms with Crippen molar-refractivity contribution in [3.8, 4) is 0 Å². The van der Waals surface area contributed by atoms with Gasteiger partial charge in [0.1, 0.15) is 11.6 Å². The molecule has 2 aliphatic rings. The number of nitrogens with zero attached hydrogens (tertiary/aromatic N) is 1. The molecule has 126 valence electrons. The largest absolute Gasteiger partial charge is 0.384 e. The molecular formula is C17H22F2N2O2. The first-order valence-electron chi connectivity index (χ1n) is 8.03. The van der Waals surface area contributed by atoms with Gasteiger partial charge in [0.05, 0.1) is 12.5 Å². The predicted octanol–water partition coefficient (Wildman–Crippen LogP) is 1.94. The van der Waals surface area contributed by atoms with Gasteiger partial charge in [0.2, 0.25) is 5.91 Å². The Bertz CT molecular complexity index is 557. The summed E-state index contributed by atoms with van der Waals surface area (Å²) in [6.45, 7) is 1.75. The Hall–Kier alpha value is -1.53. The van der Waals surface area contributed by atoms with E-state index in [1.807, 2.05) is 4.90 Å². The van der Waals surface area contributed by atoms with Crippen LogP contribution in [0.5, 0.6) is 0 Å². The number of methoxy groups -OCH3 is 1. The normalized spacial score (nSPS) is 24.8. The zero-order valence-electron chi connectivity index (χ0n) is 13.2. The molecule has 1 saturated heterocycles. The van der Waals surface area contributed by atoms with Crippen molar-refractivity contribution in [2.75, 3.05) is 26.8 Å². The first-order chi connectivity index (χ1) is 11.1. The third-order valence-corrected chi connectivity index (χ3v) is 4.60. The van der Waals surface area contributed by atoms with E-state index in [4.69, 9.17) is 4.74 Å². The van der Waals surface area contributed by atoms with Crippen molar-refractivity contribution >= 4 is 5.91 Å². The highest BCUT2D eigenvalue weighted by Crippen LogP contribution is 2.28. The number of carbonyl (C=O) groups is 1. The SMILES string of the molecule is COC[C@@H]1CN(Cc2c(F)cccc2F)C[C@H]1C(=O)NC1CC1. The number of hydrogen-bond acceptors (Lipinski definition) is 3. The van der Waals surface area contributed by atoms with Crippen LogP contribution in [0.3, 0.4) is 0 Å². The molecule has 23 heavy (non-hydrogen) atoms. The van der Waals surface area contributed by atoms with Gasteiger partial charge >= 0.3 is 0 Å². The molecule has 0 radical (unpaired) electrons. The molecule has 0 unspecified atom stereocenters. The summed E-state index contributed by atoms with van der Waals surface area (Å²) < 4.78 is 32.8. The van der Waals surface area contributed by atoms with Gasteiger partial charge in [-0.2, -0.15) is 0 Å². The molecule has 3 rings (SSSR count). The highest BCUT2D eigenvalue weighted by atomic mass is 19.1. The molecule has 6 heteroatoms. The standard InChI is InChI=1S/C17H22F2N2O2/c1-23-10-11-7-21(8-13(11)17(22)20-12-5-6-12)9-14-15(18)3-2-4-16(14)19/h2-4,11-13H,5-10H2,1H3,(H,20,22)/t11-,13+/m0/s1. The fourth-order valence-corrected chi connectivity index (χ4v) is 3.21. The van der Waals surface area contributed by atoms with Crippen LogP contribution >= 0.6 is 0 Å². The summed E-state index contributed by atoms with van der Waals surface area (Å²) in [5.41, 5.74) is 0.0620. The summed E-state index contributed by atoms with van der Waals surface area (Å²) in [7, 11) is 1.61. The number of ether oxygens (including phenoxy) is 1. The Morgan fingerprint density at radius 1 is 1.30 bits per heavy atom. The second-order valence-electron chi connectivity index (χ2n) is 6.50. The van der Waals surface area contributed by atoms with Gasteiger partial charge in [-0.05, 0) is 25.0 Å². The van der Waals surface area contributed by atoms with Gasteiger partial charge in [-0.1, -0.05) is 6.07 Å². The molecule has 1 N–H and O–H groups in total. The zero-order valence-corrected chi connectivity index (χ0v) is 13.2. The van der Waals surface area contributed by atoms with Crippen LogP contribution in [0.4, 0.5) is 8.78 Å². The lowest BCUT2D eigenvalue weighted by Gasteiger charge is -2.17. The van der Waals surface area contributed by atoms with Crippen LogP contribution in [0.15, 0.2) is 18.2 Å². The molecule has 1 aromatic rings. The third-order valence-electron chi connectivity index (χ3n) is 4.60. The van der Waals surface area contributed by atoms with E-state index < -0.39 is 11.6 Å². The van der Waals surface area contributed by atoms with Crippen LogP contribution in [0.25, 0.3) is 0 Å². The van der Waals surface area contributed by atoms with Crippen LogP contribution in [0.1, 0.15) is 18.4 Å². The molecule has 2 fully saturated rings. The van der Waals surface area contributed by atoms with E-state index >= 15 is 0 Å². The number of nitrogens with one attached hydrogen (secondary N) is 1. The number of amides is 1. The zero-order chi connectivity index (χ0) is 16.4. The highest BCUT2D eigenvalue weighted by molar-refractivity contribution is 5.80. The molecule has 1 amide bonds. The van der Waals surface area contributed by atoms with Crippen LogP contribution < -0.4 is 5.32 Å². The highest BCUT2D eigenvalue weighted by Gasteiger charge is 2.39. The van der Waals surface area contributed by atoms with Crippen molar-refractivity contribution in [3.63, 3.8) is 0 Å². The molecule has 0 bridgehead atoms. The number of benzene rings is 1. The van der Waals surface area contributed by atoms with Crippen LogP contribution in [-0.4, -0.2) is 43.7 Å². The van der Waals surface area contributed by atoms with E-state index in [0.29, 0.717) is 25.7 Å². The Morgan fingerprint density at radius 2 is 2.00 bits per heavy atom. The maximum atomic E-state index is 13.8. The van der Waals surface area contributed by atoms with Gasteiger partial charge < -0.3 is 10.1 Å². The van der Waals surface area contributed by atoms with Crippen LogP contribution in [0, 0.1) is 23.5 Å². The van der Waals surface area contributed by atoms with Gasteiger partial charge in [0.25, 0.3) is 0 Å². The molecule has 1 aliphatic heterocycles. The van der Waals surface area contributed by atoms with Gasteiger partial charge in [-0.25, -0.2) is 8.78 Å². The topological polar surface area (TPSA) is 41.6 Å². The fourth-order valence-electron chi connectivity index (χ4n) is 3.21. The quantitative estimate of drug-likeness (QED) is 0.869. The Labute approximate surface area is 134 Å². The van der Waals surface area contributed by atoms with Crippen molar-refractivity contribution in [2.24, 2.45) is 11.8 Å². The van der Waals surface area contributed by atoms with E-state index in [1.165, 1.54) is 18.2 Å². The number of carbonyl (C=O) groups excluding carboxylic acids is 1. The first kappa shape index (κ1) is 16.3. The second-order valence-corrected chi connectivity index (χ2v) is 6.50. The molecule has 1 aliphatic carbocycles. The lowest BCUT2D eigenvalue weighted by atomic mass is 9.96. The van der Waals surface area contributed by atoms with Crippen LogP contribution in [0.2, 0.25) is 0 Å². The van der Waals surface area contributed by atoms with E-state index in [1.54, 1.807) is 7.11 Å². The minimum Gasteiger partial charge on any atom is -0.384 e. The molecule has 2 atom stereocenters. The van der Waals surface area contributed by atoms with Gasteiger partial charge in [0.15, 0.2) is 0 Å². The minimum absolute atomic E-state index is 0.0334. The summed E-state index contributed by atoms with van der Waals surface area (Å²) in [4.78, 5) is 14.3. The Balaban J connectivity index is 1.68. The average Bonchev–Trinajstić information content (AvgIpc) is 3.23. The molecule has 0 aromatic heterocycles. The van der Waals surface area contributed by atoms with E-state index in [9.17, 15) is 13.6 Å². The smallest absolute Gasteiger partial charge is 0.225 e.